The Morgan fingerprint density at radius 2 is 1.87 bits per heavy atom. The number of ether oxygens (including phenoxy) is 1. The third-order valence-corrected chi connectivity index (χ3v) is 2.51. The molecule has 0 aromatic heterocycles. The molecular weight excluding hydrogens is 214 g/mol. The van der Waals surface area contributed by atoms with Gasteiger partial charge in [0, 0.05) is 18.8 Å². The third-order valence-electron chi connectivity index (χ3n) is 2.51. The lowest BCUT2D eigenvalue weighted by atomic mass is 10.1. The van der Waals surface area contributed by atoms with Gasteiger partial charge in [0.1, 0.15) is 0 Å². The summed E-state index contributed by atoms with van der Waals surface area (Å²) in [5.41, 5.74) is 1.79. The van der Waals surface area contributed by atoms with Crippen LogP contribution in [0.1, 0.15) is 16.8 Å². The molecule has 0 radical (unpaired) electrons. The molecule has 3 nitrogen and oxygen atoms in total. The van der Waals surface area contributed by atoms with Crippen LogP contribution in [0.4, 0.5) is 5.69 Å². The van der Waals surface area contributed by atoms with Crippen LogP contribution in [-0.2, 0) is 4.74 Å². The van der Waals surface area contributed by atoms with Crippen molar-refractivity contribution >= 4 is 24.1 Å². The van der Waals surface area contributed by atoms with Gasteiger partial charge in [0.25, 0.3) is 0 Å². The van der Waals surface area contributed by atoms with E-state index in [1.165, 1.54) is 19.2 Å². The Hall–Kier alpha value is -1.22. The van der Waals surface area contributed by atoms with Crippen LogP contribution in [0.15, 0.2) is 24.3 Å². The molecule has 1 fully saturated rings. The van der Waals surface area contributed by atoms with E-state index >= 15 is 0 Å². The molecule has 15 heavy (non-hydrogen) atoms. The molecule has 82 valence electrons. The predicted octanol–water partition coefficient (Wildman–Crippen LogP) is 2.11. The van der Waals surface area contributed by atoms with E-state index in [1.54, 1.807) is 12.1 Å². The summed E-state index contributed by atoms with van der Waals surface area (Å²) in [7, 11) is 1.39. The SMILES string of the molecule is COC(=O)c1ccc(N2CCC2)cc1.Cl. The van der Waals surface area contributed by atoms with Gasteiger partial charge >= 0.3 is 5.97 Å². The molecule has 1 aliphatic heterocycles. The second-order valence-corrected chi connectivity index (χ2v) is 3.38. The second-order valence-electron chi connectivity index (χ2n) is 3.38. The molecule has 1 saturated heterocycles. The van der Waals surface area contributed by atoms with Gasteiger partial charge in [0.05, 0.1) is 12.7 Å². The molecule has 4 heteroatoms. The van der Waals surface area contributed by atoms with E-state index in [2.05, 4.69) is 9.64 Å². The lowest BCUT2D eigenvalue weighted by molar-refractivity contribution is 0.0601. The summed E-state index contributed by atoms with van der Waals surface area (Å²) >= 11 is 0. The van der Waals surface area contributed by atoms with Crippen molar-refractivity contribution < 1.29 is 9.53 Å². The lowest BCUT2D eigenvalue weighted by Crippen LogP contribution is -2.36. The maximum atomic E-state index is 11.1. The minimum Gasteiger partial charge on any atom is -0.465 e. The monoisotopic (exact) mass is 227 g/mol. The molecule has 0 aliphatic carbocycles. The molecule has 1 aliphatic rings. The van der Waals surface area contributed by atoms with Crippen molar-refractivity contribution in [1.29, 1.82) is 0 Å². The lowest BCUT2D eigenvalue weighted by Gasteiger charge is -2.33. The first-order valence-corrected chi connectivity index (χ1v) is 4.74. The normalized spacial score (nSPS) is 13.8. The molecular formula is C11H14ClNO2. The first-order valence-electron chi connectivity index (χ1n) is 4.74. The zero-order valence-corrected chi connectivity index (χ0v) is 9.42. The Labute approximate surface area is 95.4 Å². The minimum atomic E-state index is -0.278. The van der Waals surface area contributed by atoms with Crippen molar-refractivity contribution in [3.63, 3.8) is 0 Å². The highest BCUT2D eigenvalue weighted by Crippen LogP contribution is 2.20. The summed E-state index contributed by atoms with van der Waals surface area (Å²) in [4.78, 5) is 13.4. The number of anilines is 1. The zero-order valence-electron chi connectivity index (χ0n) is 8.60. The highest BCUT2D eigenvalue weighted by molar-refractivity contribution is 5.89. The first kappa shape index (κ1) is 11.9. The zero-order chi connectivity index (χ0) is 9.97. The molecule has 1 aromatic rings. The average molecular weight is 228 g/mol. The summed E-state index contributed by atoms with van der Waals surface area (Å²) in [5, 5.41) is 0. The third kappa shape index (κ3) is 2.42. The number of carbonyl (C=O) groups is 1. The summed E-state index contributed by atoms with van der Waals surface area (Å²) in [6.07, 6.45) is 1.26. The van der Waals surface area contributed by atoms with Gasteiger partial charge in [-0.2, -0.15) is 0 Å². The molecule has 0 unspecified atom stereocenters. The van der Waals surface area contributed by atoms with E-state index in [0.29, 0.717) is 5.56 Å². The van der Waals surface area contributed by atoms with E-state index in [-0.39, 0.29) is 18.4 Å². The van der Waals surface area contributed by atoms with Gasteiger partial charge in [-0.05, 0) is 30.7 Å². The number of halogens is 1. The van der Waals surface area contributed by atoms with Crippen molar-refractivity contribution in [1.82, 2.24) is 0 Å². The number of rotatable bonds is 2. The molecule has 0 amide bonds. The Morgan fingerprint density at radius 1 is 1.27 bits per heavy atom. The summed E-state index contributed by atoms with van der Waals surface area (Å²) < 4.78 is 4.62. The molecule has 0 spiro atoms. The summed E-state index contributed by atoms with van der Waals surface area (Å²) in [6, 6.07) is 7.54. The van der Waals surface area contributed by atoms with Gasteiger partial charge in [0.2, 0.25) is 0 Å². The number of carbonyl (C=O) groups excluding carboxylic acids is 1. The molecule has 0 saturated carbocycles. The van der Waals surface area contributed by atoms with E-state index < -0.39 is 0 Å². The van der Waals surface area contributed by atoms with E-state index in [0.717, 1.165) is 13.1 Å². The molecule has 0 atom stereocenters. The Kier molecular flexibility index (Phi) is 3.97. The van der Waals surface area contributed by atoms with Crippen LogP contribution < -0.4 is 4.90 Å². The van der Waals surface area contributed by atoms with Gasteiger partial charge in [-0.25, -0.2) is 4.79 Å². The fourth-order valence-electron chi connectivity index (χ4n) is 1.50. The van der Waals surface area contributed by atoms with E-state index in [4.69, 9.17) is 0 Å². The second kappa shape index (κ2) is 5.03. The standard InChI is InChI=1S/C11H13NO2.ClH/c1-14-11(13)9-3-5-10(6-4-9)12-7-2-8-12;/h3-6H,2,7-8H2,1H3;1H. The van der Waals surface area contributed by atoms with Gasteiger partial charge in [-0.3, -0.25) is 0 Å². The van der Waals surface area contributed by atoms with Crippen molar-refractivity contribution in [3.8, 4) is 0 Å². The highest BCUT2D eigenvalue weighted by Gasteiger charge is 2.14. The van der Waals surface area contributed by atoms with Crippen LogP contribution in [0.3, 0.4) is 0 Å². The molecule has 0 N–H and O–H groups in total. The highest BCUT2D eigenvalue weighted by atomic mass is 35.5. The van der Waals surface area contributed by atoms with Gasteiger partial charge in [-0.15, -0.1) is 12.4 Å². The predicted molar refractivity (Wildman–Crippen MR) is 61.9 cm³/mol. The van der Waals surface area contributed by atoms with Gasteiger partial charge in [0.15, 0.2) is 0 Å². The van der Waals surface area contributed by atoms with Crippen LogP contribution in [0.25, 0.3) is 0 Å². The van der Waals surface area contributed by atoms with Crippen LogP contribution in [0.5, 0.6) is 0 Å². The van der Waals surface area contributed by atoms with Crippen LogP contribution in [0.2, 0.25) is 0 Å². The van der Waals surface area contributed by atoms with E-state index in [1.807, 2.05) is 12.1 Å². The summed E-state index contributed by atoms with van der Waals surface area (Å²) in [5.74, 6) is -0.278. The first-order chi connectivity index (χ1) is 6.81. The smallest absolute Gasteiger partial charge is 0.337 e. The molecule has 1 aromatic carbocycles. The van der Waals surface area contributed by atoms with Gasteiger partial charge < -0.3 is 9.64 Å². The topological polar surface area (TPSA) is 29.5 Å². The largest absolute Gasteiger partial charge is 0.465 e. The maximum Gasteiger partial charge on any atom is 0.337 e. The quantitative estimate of drug-likeness (QED) is 0.725. The molecule has 2 rings (SSSR count). The van der Waals surface area contributed by atoms with Crippen molar-refractivity contribution in [2.45, 2.75) is 6.42 Å². The number of hydrogen-bond acceptors (Lipinski definition) is 3. The fraction of sp³-hybridized carbons (Fsp3) is 0.364. The van der Waals surface area contributed by atoms with Crippen LogP contribution >= 0.6 is 12.4 Å². The maximum absolute atomic E-state index is 11.1. The van der Waals surface area contributed by atoms with Crippen molar-refractivity contribution in [2.75, 3.05) is 25.1 Å². The van der Waals surface area contributed by atoms with Crippen LogP contribution in [-0.4, -0.2) is 26.2 Å². The minimum absolute atomic E-state index is 0. The van der Waals surface area contributed by atoms with Crippen molar-refractivity contribution in [3.05, 3.63) is 29.8 Å². The Morgan fingerprint density at radius 3 is 2.27 bits per heavy atom. The van der Waals surface area contributed by atoms with Crippen LogP contribution in [0, 0.1) is 0 Å². The van der Waals surface area contributed by atoms with E-state index in [9.17, 15) is 4.79 Å². The number of esters is 1. The number of benzene rings is 1. The molecule has 0 bridgehead atoms. The van der Waals surface area contributed by atoms with Crippen molar-refractivity contribution in [2.24, 2.45) is 0 Å². The number of hydrogen-bond donors (Lipinski definition) is 0. The average Bonchev–Trinajstić information content (AvgIpc) is 2.15. The summed E-state index contributed by atoms with van der Waals surface area (Å²) in [6.45, 7) is 2.25. The fourth-order valence-corrected chi connectivity index (χ4v) is 1.50. The molecule has 1 heterocycles. The number of nitrogens with zero attached hydrogens (tertiary/aromatic N) is 1. The Balaban J connectivity index is 0.00000112. The van der Waals surface area contributed by atoms with Gasteiger partial charge in [-0.1, -0.05) is 0 Å². The number of methoxy groups -OCH3 is 1. The Bertz CT molecular complexity index is 333.